The number of Topliss-reactive ketones (excluding diaryl/α,β-unsaturated/α-hetero) is 3. The number of ether oxygens (including phenoxy) is 2. The van der Waals surface area contributed by atoms with Crippen LogP contribution in [0.2, 0.25) is 5.02 Å². The fourth-order valence-corrected chi connectivity index (χ4v) is 7.07. The zero-order valence-electron chi connectivity index (χ0n) is 23.0. The number of hydrogen-bond acceptors (Lipinski definition) is 6. The minimum absolute atomic E-state index is 0.0861. The Hall–Kier alpha value is -3.90. The Labute approximate surface area is 238 Å². The number of methoxy groups -OCH3 is 2. The van der Waals surface area contributed by atoms with Gasteiger partial charge in [-0.1, -0.05) is 80.9 Å². The largest absolute Gasteiger partial charge is 0.493 e. The molecule has 6 rings (SSSR count). The maximum Gasteiger partial charge on any atom is 0.180 e. The highest BCUT2D eigenvalue weighted by Crippen LogP contribution is 2.62. The summed E-state index contributed by atoms with van der Waals surface area (Å²) in [6.45, 7) is 5.60. The van der Waals surface area contributed by atoms with Crippen molar-refractivity contribution in [1.29, 1.82) is 0 Å². The number of nitrogens with zero attached hydrogens (tertiary/aromatic N) is 1. The average molecular weight is 556 g/mol. The number of benzene rings is 3. The van der Waals surface area contributed by atoms with Crippen LogP contribution in [-0.4, -0.2) is 43.7 Å². The van der Waals surface area contributed by atoms with Crippen LogP contribution in [0.1, 0.15) is 58.5 Å². The lowest BCUT2D eigenvalue weighted by Crippen LogP contribution is -2.49. The molecule has 7 heteroatoms. The van der Waals surface area contributed by atoms with E-state index in [1.54, 1.807) is 42.5 Å². The van der Waals surface area contributed by atoms with Crippen LogP contribution in [0.5, 0.6) is 11.5 Å². The second-order valence-corrected chi connectivity index (χ2v) is 12.0. The van der Waals surface area contributed by atoms with Gasteiger partial charge in [-0.15, -0.1) is 0 Å². The molecule has 0 unspecified atom stereocenters. The lowest BCUT2D eigenvalue weighted by atomic mass is 9.63. The normalized spacial score (nSPS) is 22.2. The zero-order valence-corrected chi connectivity index (χ0v) is 23.8. The average Bonchev–Trinajstić information content (AvgIpc) is 3.37. The predicted octanol–water partition coefficient (Wildman–Crippen LogP) is 6.41. The fourth-order valence-electron chi connectivity index (χ4n) is 6.89. The molecule has 3 atom stereocenters. The maximum absolute atomic E-state index is 14.7. The number of rotatable bonds is 4. The van der Waals surface area contributed by atoms with E-state index in [1.165, 1.54) is 14.2 Å². The van der Waals surface area contributed by atoms with Gasteiger partial charge < -0.3 is 14.4 Å². The van der Waals surface area contributed by atoms with Crippen molar-refractivity contribution in [3.63, 3.8) is 0 Å². The van der Waals surface area contributed by atoms with Gasteiger partial charge in [0.1, 0.15) is 5.41 Å². The molecule has 0 N–H and O–H groups in total. The highest BCUT2D eigenvalue weighted by Gasteiger charge is 2.72. The third-order valence-electron chi connectivity index (χ3n) is 8.54. The molecule has 0 radical (unpaired) electrons. The number of halogens is 1. The SMILES string of the molecule is COc1cccc([C@@H]2[C@H](C(=O)C(C)(C)C)N3c4ccc(Cl)cc4C=C[C@@H]3C23C(=O)c2ccccc2C3=O)c1OC. The summed E-state index contributed by atoms with van der Waals surface area (Å²) in [6, 6.07) is 16.2. The third kappa shape index (κ3) is 3.38. The van der Waals surface area contributed by atoms with Gasteiger partial charge in [-0.05, 0) is 29.8 Å². The van der Waals surface area contributed by atoms with Gasteiger partial charge in [0.2, 0.25) is 0 Å². The molecule has 1 saturated heterocycles. The van der Waals surface area contributed by atoms with Crippen molar-refractivity contribution in [3.8, 4) is 11.5 Å². The first-order chi connectivity index (χ1) is 19.1. The Balaban J connectivity index is 1.74. The van der Waals surface area contributed by atoms with E-state index >= 15 is 0 Å². The van der Waals surface area contributed by atoms with Crippen LogP contribution in [0.3, 0.4) is 0 Å². The van der Waals surface area contributed by atoms with Gasteiger partial charge in [0, 0.05) is 38.7 Å². The van der Waals surface area contributed by atoms with Crippen molar-refractivity contribution in [2.75, 3.05) is 19.1 Å². The molecule has 1 aliphatic carbocycles. The molecule has 40 heavy (non-hydrogen) atoms. The Morgan fingerprint density at radius 3 is 2.20 bits per heavy atom. The van der Waals surface area contributed by atoms with Crippen molar-refractivity contribution in [3.05, 3.63) is 94.0 Å². The van der Waals surface area contributed by atoms with Gasteiger partial charge in [0.15, 0.2) is 28.8 Å². The minimum atomic E-state index is -1.61. The van der Waals surface area contributed by atoms with E-state index in [4.69, 9.17) is 21.1 Å². The van der Waals surface area contributed by atoms with E-state index < -0.39 is 28.8 Å². The van der Waals surface area contributed by atoms with Gasteiger partial charge in [0.05, 0.1) is 26.3 Å². The van der Waals surface area contributed by atoms with E-state index in [1.807, 2.05) is 56.0 Å². The molecule has 0 bridgehead atoms. The highest BCUT2D eigenvalue weighted by molar-refractivity contribution is 6.32. The highest BCUT2D eigenvalue weighted by atomic mass is 35.5. The van der Waals surface area contributed by atoms with Crippen molar-refractivity contribution < 1.29 is 23.9 Å². The van der Waals surface area contributed by atoms with Gasteiger partial charge in [-0.25, -0.2) is 0 Å². The molecule has 3 aliphatic rings. The second kappa shape index (κ2) is 9.07. The zero-order chi connectivity index (χ0) is 28.6. The van der Waals surface area contributed by atoms with Gasteiger partial charge in [-0.2, -0.15) is 0 Å². The molecule has 6 nitrogen and oxygen atoms in total. The maximum atomic E-state index is 14.7. The van der Waals surface area contributed by atoms with E-state index in [2.05, 4.69) is 0 Å². The van der Waals surface area contributed by atoms with E-state index in [9.17, 15) is 14.4 Å². The molecule has 0 amide bonds. The smallest absolute Gasteiger partial charge is 0.180 e. The molecule has 0 saturated carbocycles. The second-order valence-electron chi connectivity index (χ2n) is 11.6. The molecule has 1 spiro atoms. The van der Waals surface area contributed by atoms with E-state index in [0.717, 1.165) is 11.3 Å². The summed E-state index contributed by atoms with van der Waals surface area (Å²) < 4.78 is 11.5. The Morgan fingerprint density at radius 2 is 1.60 bits per heavy atom. The number of fused-ring (bicyclic) bond motifs is 5. The molecule has 3 aromatic carbocycles. The molecular formula is C33H30ClNO5. The first-order valence-corrected chi connectivity index (χ1v) is 13.6. The summed E-state index contributed by atoms with van der Waals surface area (Å²) in [5.74, 6) is -0.670. The standard InChI is InChI=1S/C33H30ClNO5/c1-32(2,3)31(38)27-26(22-11-8-12-24(39-4)28(22)40-5)33(29(36)20-9-6-7-10-21(20)30(33)37)25-16-13-18-17-19(34)14-15-23(18)35(25)27/h6-17,25-27H,1-5H3/t25-,26-,27-/m1/s1. The first kappa shape index (κ1) is 26.3. The number of carbonyl (C=O) groups is 3. The fraction of sp³-hybridized carbons (Fsp3) is 0.303. The molecule has 204 valence electrons. The minimum Gasteiger partial charge on any atom is -0.493 e. The van der Waals surface area contributed by atoms with E-state index in [0.29, 0.717) is 33.2 Å². The number of hydrogen-bond donors (Lipinski definition) is 0. The molecule has 2 aliphatic heterocycles. The Bertz CT molecular complexity index is 1580. The summed E-state index contributed by atoms with van der Waals surface area (Å²) in [6.07, 6.45) is 3.79. The van der Waals surface area contributed by atoms with Crippen LogP contribution in [-0.2, 0) is 4.79 Å². The molecular weight excluding hydrogens is 526 g/mol. The monoisotopic (exact) mass is 555 g/mol. The van der Waals surface area contributed by atoms with Crippen molar-refractivity contribution >= 4 is 40.7 Å². The van der Waals surface area contributed by atoms with Crippen LogP contribution < -0.4 is 14.4 Å². The van der Waals surface area contributed by atoms with E-state index in [-0.39, 0.29) is 17.3 Å². The van der Waals surface area contributed by atoms with Crippen molar-refractivity contribution in [2.45, 2.75) is 38.8 Å². The number of para-hydroxylation sites is 1. The molecule has 2 heterocycles. The summed E-state index contributed by atoms with van der Waals surface area (Å²) in [5.41, 5.74) is 0.507. The quantitative estimate of drug-likeness (QED) is 0.347. The molecule has 1 fully saturated rings. The van der Waals surface area contributed by atoms with Crippen molar-refractivity contribution in [1.82, 2.24) is 0 Å². The number of anilines is 1. The first-order valence-electron chi connectivity index (χ1n) is 13.3. The van der Waals surface area contributed by atoms with Gasteiger partial charge in [-0.3, -0.25) is 14.4 Å². The molecule has 0 aromatic heterocycles. The topological polar surface area (TPSA) is 72.9 Å². The van der Waals surface area contributed by atoms with Gasteiger partial charge >= 0.3 is 0 Å². The number of carbonyl (C=O) groups excluding carboxylic acids is 3. The van der Waals surface area contributed by atoms with Crippen LogP contribution in [0.15, 0.2) is 66.7 Å². The lowest BCUT2D eigenvalue weighted by Gasteiger charge is -2.38. The summed E-state index contributed by atoms with van der Waals surface area (Å²) in [5, 5.41) is 0.556. The van der Waals surface area contributed by atoms with Crippen LogP contribution in [0.25, 0.3) is 6.08 Å². The Kier molecular flexibility index (Phi) is 5.97. The number of ketones is 3. The molecule has 3 aromatic rings. The van der Waals surface area contributed by atoms with Gasteiger partial charge in [0.25, 0.3) is 0 Å². The van der Waals surface area contributed by atoms with Crippen LogP contribution in [0.4, 0.5) is 5.69 Å². The summed E-state index contributed by atoms with van der Waals surface area (Å²) >= 11 is 6.36. The third-order valence-corrected chi connectivity index (χ3v) is 8.78. The lowest BCUT2D eigenvalue weighted by molar-refractivity contribution is -0.127. The summed E-state index contributed by atoms with van der Waals surface area (Å²) in [4.78, 5) is 46.0. The van der Waals surface area contributed by atoms with Crippen molar-refractivity contribution in [2.24, 2.45) is 10.8 Å². The summed E-state index contributed by atoms with van der Waals surface area (Å²) in [7, 11) is 3.07. The van der Waals surface area contributed by atoms with Crippen LogP contribution >= 0.6 is 11.6 Å². The van der Waals surface area contributed by atoms with Crippen LogP contribution in [0, 0.1) is 10.8 Å². The predicted molar refractivity (Wildman–Crippen MR) is 155 cm³/mol. The Morgan fingerprint density at radius 1 is 0.925 bits per heavy atom.